The van der Waals surface area contributed by atoms with Gasteiger partial charge >= 0.3 is 0 Å². The van der Waals surface area contributed by atoms with Gasteiger partial charge in [0.1, 0.15) is 5.82 Å². The van der Waals surface area contributed by atoms with Crippen LogP contribution in [0.4, 0.5) is 10.1 Å². The molecule has 0 aliphatic heterocycles. The van der Waals surface area contributed by atoms with E-state index in [0.717, 1.165) is 31.8 Å². The molecular formula is C13H17FN4. The molecule has 2 aromatic rings. The number of nitrogens with one attached hydrogen (secondary N) is 1. The van der Waals surface area contributed by atoms with E-state index in [9.17, 15) is 4.39 Å². The minimum absolute atomic E-state index is 0.311. The van der Waals surface area contributed by atoms with Crippen LogP contribution in [-0.2, 0) is 13.0 Å². The maximum atomic E-state index is 13.3. The summed E-state index contributed by atoms with van der Waals surface area (Å²) < 4.78 is 15.4. The second-order valence-corrected chi connectivity index (χ2v) is 4.03. The molecule has 0 aliphatic rings. The van der Waals surface area contributed by atoms with Gasteiger partial charge in [-0.05, 0) is 12.5 Å². The Kier molecular flexibility index (Phi) is 4.28. The van der Waals surface area contributed by atoms with E-state index in [1.54, 1.807) is 12.3 Å². The summed E-state index contributed by atoms with van der Waals surface area (Å²) in [6.07, 6.45) is 8.44. The van der Waals surface area contributed by atoms with Gasteiger partial charge in [-0.25, -0.2) is 9.37 Å². The summed E-state index contributed by atoms with van der Waals surface area (Å²) >= 11 is 0. The second kappa shape index (κ2) is 6.14. The Morgan fingerprint density at radius 1 is 1.39 bits per heavy atom. The van der Waals surface area contributed by atoms with Gasteiger partial charge in [-0.1, -0.05) is 6.92 Å². The topological polar surface area (TPSA) is 42.7 Å². The monoisotopic (exact) mass is 248 g/mol. The fraction of sp³-hybridized carbons (Fsp3) is 0.385. The quantitative estimate of drug-likeness (QED) is 0.799. The highest BCUT2D eigenvalue weighted by molar-refractivity contribution is 5.42. The normalized spacial score (nSPS) is 10.6. The molecule has 18 heavy (non-hydrogen) atoms. The van der Waals surface area contributed by atoms with Crippen molar-refractivity contribution in [3.8, 4) is 0 Å². The van der Waals surface area contributed by atoms with Crippen molar-refractivity contribution in [2.24, 2.45) is 0 Å². The van der Waals surface area contributed by atoms with Crippen molar-refractivity contribution >= 4 is 5.69 Å². The van der Waals surface area contributed by atoms with Crippen LogP contribution in [0, 0.1) is 5.82 Å². The number of rotatable bonds is 6. The molecule has 1 N–H and O–H groups in total. The Bertz CT molecular complexity index is 495. The molecule has 5 heteroatoms. The van der Waals surface area contributed by atoms with E-state index in [0.29, 0.717) is 5.69 Å². The average Bonchev–Trinajstić information content (AvgIpc) is 2.84. The first-order valence-electron chi connectivity index (χ1n) is 6.14. The van der Waals surface area contributed by atoms with Gasteiger partial charge in [-0.2, -0.15) is 0 Å². The first-order chi connectivity index (χ1) is 8.81. The van der Waals surface area contributed by atoms with Crippen molar-refractivity contribution in [3.05, 3.63) is 42.5 Å². The van der Waals surface area contributed by atoms with E-state index >= 15 is 0 Å². The van der Waals surface area contributed by atoms with E-state index in [4.69, 9.17) is 0 Å². The van der Waals surface area contributed by atoms with Crippen LogP contribution < -0.4 is 5.32 Å². The summed E-state index contributed by atoms with van der Waals surface area (Å²) in [5, 5.41) is 3.06. The maximum absolute atomic E-state index is 13.3. The largest absolute Gasteiger partial charge is 0.383 e. The molecule has 0 fully saturated rings. The van der Waals surface area contributed by atoms with Gasteiger partial charge in [0.2, 0.25) is 0 Å². The average molecular weight is 248 g/mol. The van der Waals surface area contributed by atoms with Crippen LogP contribution in [0.5, 0.6) is 0 Å². The van der Waals surface area contributed by atoms with Crippen molar-refractivity contribution in [3.63, 3.8) is 0 Å². The minimum Gasteiger partial charge on any atom is -0.383 e. The first kappa shape index (κ1) is 12.5. The van der Waals surface area contributed by atoms with E-state index in [2.05, 4.69) is 26.8 Å². The molecule has 2 aromatic heterocycles. The molecule has 0 radical (unpaired) electrons. The number of nitrogens with zero attached hydrogens (tertiary/aromatic N) is 3. The zero-order chi connectivity index (χ0) is 12.8. The third-order valence-electron chi connectivity index (χ3n) is 2.78. The second-order valence-electron chi connectivity index (χ2n) is 4.03. The molecule has 4 nitrogen and oxygen atoms in total. The summed E-state index contributed by atoms with van der Waals surface area (Å²) in [6, 6.07) is 1.64. The molecule has 0 aromatic carbocycles. The van der Waals surface area contributed by atoms with Crippen LogP contribution in [0.2, 0.25) is 0 Å². The summed E-state index contributed by atoms with van der Waals surface area (Å²) in [5.41, 5.74) is 0.506. The van der Waals surface area contributed by atoms with Gasteiger partial charge in [-0.15, -0.1) is 0 Å². The molecule has 2 heterocycles. The number of imidazole rings is 1. The Morgan fingerprint density at radius 2 is 2.28 bits per heavy atom. The standard InChI is InChI=1S/C13H17FN4/c1-2-13-17-7-9-18(13)8-3-5-16-12-4-6-15-10-11(12)14/h4,6-7,9-10H,2-3,5,8H2,1H3,(H,15,16). The Labute approximate surface area is 106 Å². The molecule has 96 valence electrons. The molecule has 0 aliphatic carbocycles. The number of halogens is 1. The summed E-state index contributed by atoms with van der Waals surface area (Å²) in [7, 11) is 0. The molecule has 0 saturated heterocycles. The van der Waals surface area contributed by atoms with Crippen LogP contribution in [0.25, 0.3) is 0 Å². The number of anilines is 1. The van der Waals surface area contributed by atoms with Gasteiger partial charge in [0.25, 0.3) is 0 Å². The molecule has 2 rings (SSSR count). The Morgan fingerprint density at radius 3 is 3.06 bits per heavy atom. The van der Waals surface area contributed by atoms with Gasteiger partial charge in [-0.3, -0.25) is 4.98 Å². The number of pyridine rings is 1. The van der Waals surface area contributed by atoms with Crippen LogP contribution in [0.3, 0.4) is 0 Å². The first-order valence-corrected chi connectivity index (χ1v) is 6.14. The fourth-order valence-electron chi connectivity index (χ4n) is 1.85. The number of aryl methyl sites for hydroxylation is 2. The smallest absolute Gasteiger partial charge is 0.164 e. The highest BCUT2D eigenvalue weighted by atomic mass is 19.1. The highest BCUT2D eigenvalue weighted by Gasteiger charge is 2.01. The van der Waals surface area contributed by atoms with Gasteiger partial charge in [0, 0.05) is 38.1 Å². The fourth-order valence-corrected chi connectivity index (χ4v) is 1.85. The lowest BCUT2D eigenvalue weighted by Crippen LogP contribution is -2.09. The zero-order valence-corrected chi connectivity index (χ0v) is 10.4. The Hall–Kier alpha value is -1.91. The highest BCUT2D eigenvalue weighted by Crippen LogP contribution is 2.10. The van der Waals surface area contributed by atoms with Crippen LogP contribution in [0.1, 0.15) is 19.2 Å². The van der Waals surface area contributed by atoms with Crippen molar-refractivity contribution in [2.45, 2.75) is 26.3 Å². The molecule has 0 saturated carbocycles. The third-order valence-corrected chi connectivity index (χ3v) is 2.78. The van der Waals surface area contributed by atoms with E-state index < -0.39 is 0 Å². The summed E-state index contributed by atoms with van der Waals surface area (Å²) in [5.74, 6) is 0.777. The lowest BCUT2D eigenvalue weighted by Gasteiger charge is -2.09. The van der Waals surface area contributed by atoms with Crippen LogP contribution >= 0.6 is 0 Å². The third kappa shape index (κ3) is 3.06. The Balaban J connectivity index is 1.78. The molecule has 0 unspecified atom stereocenters. The molecular weight excluding hydrogens is 231 g/mol. The molecule has 0 amide bonds. The predicted octanol–water partition coefficient (Wildman–Crippen LogP) is 2.48. The lowest BCUT2D eigenvalue weighted by molar-refractivity contribution is 0.613. The minimum atomic E-state index is -0.311. The predicted molar refractivity (Wildman–Crippen MR) is 68.9 cm³/mol. The van der Waals surface area contributed by atoms with Crippen molar-refractivity contribution in [2.75, 3.05) is 11.9 Å². The molecule has 0 atom stereocenters. The molecule has 0 bridgehead atoms. The van der Waals surface area contributed by atoms with Gasteiger partial charge < -0.3 is 9.88 Å². The van der Waals surface area contributed by atoms with Crippen LogP contribution in [-0.4, -0.2) is 21.1 Å². The van der Waals surface area contributed by atoms with Gasteiger partial charge in [0.15, 0.2) is 5.82 Å². The van der Waals surface area contributed by atoms with Gasteiger partial charge in [0.05, 0.1) is 11.9 Å². The SMILES string of the molecule is CCc1nccn1CCCNc1ccncc1F. The van der Waals surface area contributed by atoms with Crippen molar-refractivity contribution < 1.29 is 4.39 Å². The van der Waals surface area contributed by atoms with E-state index in [1.807, 2.05) is 12.4 Å². The number of aromatic nitrogens is 3. The van der Waals surface area contributed by atoms with Crippen LogP contribution in [0.15, 0.2) is 30.9 Å². The number of hydrogen-bond donors (Lipinski definition) is 1. The van der Waals surface area contributed by atoms with Crippen molar-refractivity contribution in [1.29, 1.82) is 0 Å². The summed E-state index contributed by atoms with van der Waals surface area (Å²) in [6.45, 7) is 3.70. The van der Waals surface area contributed by atoms with E-state index in [-0.39, 0.29) is 5.82 Å². The maximum Gasteiger partial charge on any atom is 0.164 e. The molecule has 0 spiro atoms. The lowest BCUT2D eigenvalue weighted by atomic mass is 10.3. The number of hydrogen-bond acceptors (Lipinski definition) is 3. The summed E-state index contributed by atoms with van der Waals surface area (Å²) in [4.78, 5) is 7.97. The van der Waals surface area contributed by atoms with Crippen molar-refractivity contribution in [1.82, 2.24) is 14.5 Å². The zero-order valence-electron chi connectivity index (χ0n) is 10.4. The van der Waals surface area contributed by atoms with E-state index in [1.165, 1.54) is 6.20 Å².